The molecule has 1 heterocycles. The van der Waals surface area contributed by atoms with Crippen molar-refractivity contribution in [1.29, 1.82) is 0 Å². The highest BCUT2D eigenvalue weighted by Gasteiger charge is 1.99. The van der Waals surface area contributed by atoms with Gasteiger partial charge in [-0.3, -0.25) is 0 Å². The summed E-state index contributed by atoms with van der Waals surface area (Å²) >= 11 is 7.47. The second-order valence-electron chi connectivity index (χ2n) is 3.48. The van der Waals surface area contributed by atoms with Gasteiger partial charge in [-0.2, -0.15) is 0 Å². The summed E-state index contributed by atoms with van der Waals surface area (Å²) < 4.78 is 0. The minimum Gasteiger partial charge on any atom is -0.357 e. The lowest BCUT2D eigenvalue weighted by Gasteiger charge is -2.02. The highest BCUT2D eigenvalue weighted by molar-refractivity contribution is 7.13. The molecule has 0 fully saturated rings. The van der Waals surface area contributed by atoms with Gasteiger partial charge in [0.25, 0.3) is 0 Å². The molecule has 0 aliphatic carbocycles. The van der Waals surface area contributed by atoms with Crippen LogP contribution in [0.1, 0.15) is 18.2 Å². The Bertz CT molecular complexity index is 450. The summed E-state index contributed by atoms with van der Waals surface area (Å²) in [5.41, 5.74) is 2.35. The summed E-state index contributed by atoms with van der Waals surface area (Å²) in [4.78, 5) is 4.44. The van der Waals surface area contributed by atoms with Crippen molar-refractivity contribution in [2.24, 2.45) is 0 Å². The third kappa shape index (κ3) is 2.97. The Morgan fingerprint density at radius 1 is 1.31 bits per heavy atom. The number of rotatable bonds is 4. The average molecular weight is 253 g/mol. The summed E-state index contributed by atoms with van der Waals surface area (Å²) in [6.45, 7) is 2.89. The molecule has 0 bridgehead atoms. The van der Waals surface area contributed by atoms with Crippen molar-refractivity contribution in [2.45, 2.75) is 19.9 Å². The predicted molar refractivity (Wildman–Crippen MR) is 70.3 cm³/mol. The molecule has 2 rings (SSSR count). The molecule has 0 spiro atoms. The van der Waals surface area contributed by atoms with Crippen LogP contribution < -0.4 is 5.32 Å². The normalized spacial score (nSPS) is 10.4. The minimum atomic E-state index is 0.770. The van der Waals surface area contributed by atoms with Gasteiger partial charge in [-0.1, -0.05) is 30.7 Å². The van der Waals surface area contributed by atoms with E-state index in [1.165, 1.54) is 5.56 Å². The van der Waals surface area contributed by atoms with Crippen LogP contribution in [-0.4, -0.2) is 4.98 Å². The number of halogens is 1. The number of aryl methyl sites for hydroxylation is 1. The first-order valence-corrected chi connectivity index (χ1v) is 6.46. The van der Waals surface area contributed by atoms with Crippen LogP contribution in [0, 0.1) is 0 Å². The standard InChI is InChI=1S/C12H13ClN2S/c1-2-11-8-16-12(15-11)14-7-9-3-5-10(13)6-4-9/h3-6,8H,2,7H2,1H3,(H,14,15). The molecule has 1 aromatic heterocycles. The molecule has 0 saturated carbocycles. The average Bonchev–Trinajstić information content (AvgIpc) is 2.76. The van der Waals surface area contributed by atoms with E-state index in [0.717, 1.165) is 28.8 Å². The van der Waals surface area contributed by atoms with Crippen molar-refractivity contribution in [3.8, 4) is 0 Å². The smallest absolute Gasteiger partial charge is 0.183 e. The van der Waals surface area contributed by atoms with Crippen LogP contribution in [0.2, 0.25) is 5.02 Å². The zero-order valence-electron chi connectivity index (χ0n) is 9.03. The van der Waals surface area contributed by atoms with Crippen molar-refractivity contribution >= 4 is 28.1 Å². The molecule has 16 heavy (non-hydrogen) atoms. The molecule has 2 aromatic rings. The van der Waals surface area contributed by atoms with Gasteiger partial charge in [0.1, 0.15) is 0 Å². The summed E-state index contributed by atoms with van der Waals surface area (Å²) in [6.07, 6.45) is 0.985. The van der Waals surface area contributed by atoms with Crippen LogP contribution >= 0.6 is 22.9 Å². The molecule has 0 atom stereocenters. The quantitative estimate of drug-likeness (QED) is 0.891. The number of nitrogens with zero attached hydrogens (tertiary/aromatic N) is 1. The zero-order valence-corrected chi connectivity index (χ0v) is 10.6. The van der Waals surface area contributed by atoms with Gasteiger partial charge in [0.15, 0.2) is 5.13 Å². The molecule has 0 amide bonds. The van der Waals surface area contributed by atoms with Crippen LogP contribution in [0.15, 0.2) is 29.6 Å². The van der Waals surface area contributed by atoms with Crippen molar-refractivity contribution < 1.29 is 0 Å². The van der Waals surface area contributed by atoms with E-state index in [4.69, 9.17) is 11.6 Å². The molecule has 0 saturated heterocycles. The van der Waals surface area contributed by atoms with Crippen LogP contribution in [0.25, 0.3) is 0 Å². The molecule has 0 aliphatic heterocycles. The fourth-order valence-corrected chi connectivity index (χ4v) is 2.25. The van der Waals surface area contributed by atoms with Gasteiger partial charge in [-0.25, -0.2) is 4.98 Å². The Labute approximate surface area is 104 Å². The molecule has 0 aliphatic rings. The van der Waals surface area contributed by atoms with E-state index in [2.05, 4.69) is 22.6 Å². The van der Waals surface area contributed by atoms with E-state index in [1.807, 2.05) is 24.3 Å². The maximum atomic E-state index is 5.82. The molecule has 84 valence electrons. The minimum absolute atomic E-state index is 0.770. The van der Waals surface area contributed by atoms with Crippen molar-refractivity contribution in [3.63, 3.8) is 0 Å². The fraction of sp³-hybridized carbons (Fsp3) is 0.250. The molecule has 2 nitrogen and oxygen atoms in total. The van der Waals surface area contributed by atoms with Crippen LogP contribution in [0.5, 0.6) is 0 Å². The number of anilines is 1. The van der Waals surface area contributed by atoms with E-state index in [0.29, 0.717) is 0 Å². The number of thiazole rings is 1. The van der Waals surface area contributed by atoms with E-state index in [1.54, 1.807) is 11.3 Å². The highest BCUT2D eigenvalue weighted by Crippen LogP contribution is 2.17. The van der Waals surface area contributed by atoms with E-state index in [9.17, 15) is 0 Å². The third-order valence-corrected chi connectivity index (χ3v) is 3.37. The molecule has 0 radical (unpaired) electrons. The second kappa shape index (κ2) is 5.32. The fourth-order valence-electron chi connectivity index (χ4n) is 1.33. The highest BCUT2D eigenvalue weighted by atomic mass is 35.5. The summed E-state index contributed by atoms with van der Waals surface area (Å²) in [5, 5.41) is 7.14. The van der Waals surface area contributed by atoms with Crippen molar-refractivity contribution in [3.05, 3.63) is 45.9 Å². The molecule has 1 aromatic carbocycles. The first kappa shape index (κ1) is 11.4. The largest absolute Gasteiger partial charge is 0.357 e. The zero-order chi connectivity index (χ0) is 11.4. The first-order chi connectivity index (χ1) is 7.78. The molecular weight excluding hydrogens is 240 g/mol. The van der Waals surface area contributed by atoms with E-state index in [-0.39, 0.29) is 0 Å². The van der Waals surface area contributed by atoms with Crippen LogP contribution in [0.3, 0.4) is 0 Å². The number of hydrogen-bond donors (Lipinski definition) is 1. The predicted octanol–water partition coefficient (Wildman–Crippen LogP) is 3.97. The van der Waals surface area contributed by atoms with Gasteiger partial charge in [0.05, 0.1) is 5.69 Å². The summed E-state index contributed by atoms with van der Waals surface area (Å²) in [7, 11) is 0. The lowest BCUT2D eigenvalue weighted by Crippen LogP contribution is -1.98. The Kier molecular flexibility index (Phi) is 3.80. The summed E-state index contributed by atoms with van der Waals surface area (Å²) in [6, 6.07) is 7.84. The Morgan fingerprint density at radius 2 is 2.06 bits per heavy atom. The van der Waals surface area contributed by atoms with Gasteiger partial charge in [-0.05, 0) is 24.1 Å². The topological polar surface area (TPSA) is 24.9 Å². The second-order valence-corrected chi connectivity index (χ2v) is 4.77. The molecule has 0 unspecified atom stereocenters. The van der Waals surface area contributed by atoms with E-state index >= 15 is 0 Å². The maximum Gasteiger partial charge on any atom is 0.183 e. The first-order valence-electron chi connectivity index (χ1n) is 5.20. The van der Waals surface area contributed by atoms with Gasteiger partial charge in [-0.15, -0.1) is 11.3 Å². The lowest BCUT2D eigenvalue weighted by molar-refractivity contribution is 1.05. The van der Waals surface area contributed by atoms with E-state index < -0.39 is 0 Å². The SMILES string of the molecule is CCc1csc(NCc2ccc(Cl)cc2)n1. The Morgan fingerprint density at radius 3 is 2.69 bits per heavy atom. The Hall–Kier alpha value is -1.06. The lowest BCUT2D eigenvalue weighted by atomic mass is 10.2. The van der Waals surface area contributed by atoms with Gasteiger partial charge >= 0.3 is 0 Å². The molecule has 1 N–H and O–H groups in total. The Balaban J connectivity index is 1.94. The van der Waals surface area contributed by atoms with Crippen molar-refractivity contribution in [1.82, 2.24) is 4.98 Å². The van der Waals surface area contributed by atoms with Gasteiger partial charge in [0.2, 0.25) is 0 Å². The molecule has 4 heteroatoms. The maximum absolute atomic E-state index is 5.82. The van der Waals surface area contributed by atoms with Gasteiger partial charge < -0.3 is 5.32 Å². The third-order valence-electron chi connectivity index (χ3n) is 2.27. The van der Waals surface area contributed by atoms with Gasteiger partial charge in [0, 0.05) is 16.9 Å². The summed E-state index contributed by atoms with van der Waals surface area (Å²) in [5.74, 6) is 0. The monoisotopic (exact) mass is 252 g/mol. The molecular formula is C12H13ClN2S. The van der Waals surface area contributed by atoms with Crippen LogP contribution in [0.4, 0.5) is 5.13 Å². The number of aromatic nitrogens is 1. The number of benzene rings is 1. The number of nitrogens with one attached hydrogen (secondary N) is 1. The number of hydrogen-bond acceptors (Lipinski definition) is 3. The van der Waals surface area contributed by atoms with Crippen LogP contribution in [-0.2, 0) is 13.0 Å². The van der Waals surface area contributed by atoms with Crippen molar-refractivity contribution in [2.75, 3.05) is 5.32 Å².